The maximum absolute atomic E-state index is 12.9. The number of rotatable bonds is 3. The van der Waals surface area contributed by atoms with Gasteiger partial charge in [0.1, 0.15) is 5.75 Å². The van der Waals surface area contributed by atoms with Gasteiger partial charge in [0.2, 0.25) is 0 Å². The van der Waals surface area contributed by atoms with Crippen LogP contribution in [0.1, 0.15) is 34.1 Å². The maximum Gasteiger partial charge on any atom is 0.253 e. The summed E-state index contributed by atoms with van der Waals surface area (Å²) in [6.07, 6.45) is 1.76. The van der Waals surface area contributed by atoms with Crippen LogP contribution in [0.2, 0.25) is 0 Å². The van der Waals surface area contributed by atoms with Crippen molar-refractivity contribution >= 4 is 16.8 Å². The number of ether oxygens (including phenoxy) is 1. The fourth-order valence-corrected chi connectivity index (χ4v) is 3.77. The van der Waals surface area contributed by atoms with E-state index in [1.54, 1.807) is 0 Å². The molecule has 134 valence electrons. The van der Waals surface area contributed by atoms with Crippen LogP contribution < -0.4 is 4.74 Å². The number of aromatic amines is 1. The highest BCUT2D eigenvalue weighted by Crippen LogP contribution is 2.27. The largest absolute Gasteiger partial charge is 0.494 e. The first-order chi connectivity index (χ1) is 12.7. The van der Waals surface area contributed by atoms with Crippen molar-refractivity contribution in [2.24, 2.45) is 0 Å². The van der Waals surface area contributed by atoms with Crippen molar-refractivity contribution < 1.29 is 9.53 Å². The number of amides is 1. The number of fused-ring (bicyclic) bond motifs is 3. The van der Waals surface area contributed by atoms with Gasteiger partial charge in [-0.2, -0.15) is 0 Å². The Kier molecular flexibility index (Phi) is 4.41. The van der Waals surface area contributed by atoms with Crippen LogP contribution in [0.5, 0.6) is 5.75 Å². The summed E-state index contributed by atoms with van der Waals surface area (Å²) < 4.78 is 5.46. The standard InChI is InChI=1S/C22H24N2O2/c1-3-26-17-7-5-16(6-8-17)22(25)24-12-10-18-19-14-15(2)4-9-20(19)23-21(18)11-13-24/h4-9,14,23H,3,10-13H2,1-2H3. The number of carbonyl (C=O) groups excluding carboxylic acids is 1. The average molecular weight is 348 g/mol. The van der Waals surface area contributed by atoms with Crippen LogP contribution in [-0.4, -0.2) is 35.5 Å². The van der Waals surface area contributed by atoms with Crippen molar-refractivity contribution in [3.8, 4) is 5.75 Å². The van der Waals surface area contributed by atoms with Gasteiger partial charge < -0.3 is 14.6 Å². The second-order valence-electron chi connectivity index (χ2n) is 6.88. The molecule has 1 aliphatic rings. The highest BCUT2D eigenvalue weighted by molar-refractivity contribution is 5.94. The van der Waals surface area contributed by atoms with Crippen LogP contribution in [0.4, 0.5) is 0 Å². The third-order valence-electron chi connectivity index (χ3n) is 5.11. The molecule has 4 heteroatoms. The Morgan fingerprint density at radius 1 is 1.12 bits per heavy atom. The smallest absolute Gasteiger partial charge is 0.253 e. The number of aryl methyl sites for hydroxylation is 1. The summed E-state index contributed by atoms with van der Waals surface area (Å²) in [5.74, 6) is 0.899. The minimum absolute atomic E-state index is 0.0960. The summed E-state index contributed by atoms with van der Waals surface area (Å²) in [5.41, 5.74) is 5.83. The number of H-pyrrole nitrogens is 1. The molecule has 0 fully saturated rings. The molecule has 0 aliphatic carbocycles. The molecule has 0 radical (unpaired) electrons. The molecule has 0 unspecified atom stereocenters. The average Bonchev–Trinajstić information content (AvgIpc) is 2.85. The van der Waals surface area contributed by atoms with Gasteiger partial charge in [0.15, 0.2) is 0 Å². The molecular weight excluding hydrogens is 324 g/mol. The van der Waals surface area contributed by atoms with Crippen molar-refractivity contribution in [1.82, 2.24) is 9.88 Å². The lowest BCUT2D eigenvalue weighted by atomic mass is 10.1. The van der Waals surface area contributed by atoms with Gasteiger partial charge in [0.25, 0.3) is 5.91 Å². The molecule has 1 N–H and O–H groups in total. The molecule has 4 rings (SSSR count). The van der Waals surface area contributed by atoms with Crippen LogP contribution in [0.25, 0.3) is 10.9 Å². The Bertz CT molecular complexity index is 941. The van der Waals surface area contributed by atoms with Crippen molar-refractivity contribution in [3.63, 3.8) is 0 Å². The number of aromatic nitrogens is 1. The normalized spacial score (nSPS) is 14.2. The summed E-state index contributed by atoms with van der Waals surface area (Å²) in [6, 6.07) is 14.0. The molecule has 0 bridgehead atoms. The van der Waals surface area contributed by atoms with E-state index in [1.807, 2.05) is 36.1 Å². The van der Waals surface area contributed by atoms with Gasteiger partial charge in [-0.3, -0.25) is 4.79 Å². The maximum atomic E-state index is 12.9. The van der Waals surface area contributed by atoms with Crippen molar-refractivity contribution in [2.45, 2.75) is 26.7 Å². The first-order valence-corrected chi connectivity index (χ1v) is 9.28. The number of nitrogens with zero attached hydrogens (tertiary/aromatic N) is 1. The second kappa shape index (κ2) is 6.87. The summed E-state index contributed by atoms with van der Waals surface area (Å²) in [7, 11) is 0. The molecule has 1 aromatic heterocycles. The zero-order chi connectivity index (χ0) is 18.1. The van der Waals surface area contributed by atoms with E-state index in [2.05, 4.69) is 30.1 Å². The topological polar surface area (TPSA) is 45.3 Å². The van der Waals surface area contributed by atoms with E-state index >= 15 is 0 Å². The zero-order valence-electron chi connectivity index (χ0n) is 15.3. The molecule has 2 heterocycles. The number of hydrogen-bond donors (Lipinski definition) is 1. The monoisotopic (exact) mass is 348 g/mol. The lowest BCUT2D eigenvalue weighted by Gasteiger charge is -2.20. The van der Waals surface area contributed by atoms with Crippen LogP contribution in [0.15, 0.2) is 42.5 Å². The quantitative estimate of drug-likeness (QED) is 0.774. The first-order valence-electron chi connectivity index (χ1n) is 9.28. The first kappa shape index (κ1) is 16.7. The van der Waals surface area contributed by atoms with Gasteiger partial charge in [-0.1, -0.05) is 11.6 Å². The molecule has 0 spiro atoms. The molecule has 0 atom stereocenters. The highest BCUT2D eigenvalue weighted by Gasteiger charge is 2.22. The zero-order valence-corrected chi connectivity index (χ0v) is 15.3. The van der Waals surface area contributed by atoms with Crippen LogP contribution in [0.3, 0.4) is 0 Å². The number of hydrogen-bond acceptors (Lipinski definition) is 2. The molecule has 3 aromatic rings. The van der Waals surface area contributed by atoms with Crippen molar-refractivity contribution in [1.29, 1.82) is 0 Å². The minimum atomic E-state index is 0.0960. The van der Waals surface area contributed by atoms with E-state index in [1.165, 1.54) is 27.7 Å². The molecule has 26 heavy (non-hydrogen) atoms. The minimum Gasteiger partial charge on any atom is -0.494 e. The fourth-order valence-electron chi connectivity index (χ4n) is 3.77. The van der Waals surface area contributed by atoms with E-state index < -0.39 is 0 Å². The predicted octanol–water partition coefficient (Wildman–Crippen LogP) is 4.12. The van der Waals surface area contributed by atoms with Gasteiger partial charge >= 0.3 is 0 Å². The molecule has 2 aromatic carbocycles. The number of carbonyl (C=O) groups is 1. The second-order valence-corrected chi connectivity index (χ2v) is 6.88. The lowest BCUT2D eigenvalue weighted by Crippen LogP contribution is -2.33. The Morgan fingerprint density at radius 2 is 1.88 bits per heavy atom. The van der Waals surface area contributed by atoms with Crippen LogP contribution in [-0.2, 0) is 12.8 Å². The van der Waals surface area contributed by atoms with Crippen molar-refractivity contribution in [3.05, 3.63) is 64.8 Å². The molecule has 1 aliphatic heterocycles. The predicted molar refractivity (Wildman–Crippen MR) is 104 cm³/mol. The Hall–Kier alpha value is -2.75. The molecular formula is C22H24N2O2. The molecule has 4 nitrogen and oxygen atoms in total. The Balaban J connectivity index is 1.53. The van der Waals surface area contributed by atoms with E-state index in [0.29, 0.717) is 6.61 Å². The van der Waals surface area contributed by atoms with E-state index in [9.17, 15) is 4.79 Å². The third kappa shape index (κ3) is 3.07. The van der Waals surface area contributed by atoms with Crippen LogP contribution in [0, 0.1) is 6.92 Å². The summed E-state index contributed by atoms with van der Waals surface area (Å²) in [6.45, 7) is 6.20. The van der Waals surface area contributed by atoms with E-state index in [-0.39, 0.29) is 5.91 Å². The van der Waals surface area contributed by atoms with Gasteiger partial charge in [-0.25, -0.2) is 0 Å². The lowest BCUT2D eigenvalue weighted by molar-refractivity contribution is 0.0763. The van der Waals surface area contributed by atoms with E-state index in [4.69, 9.17) is 4.74 Å². The summed E-state index contributed by atoms with van der Waals surface area (Å²) in [4.78, 5) is 18.4. The summed E-state index contributed by atoms with van der Waals surface area (Å²) in [5, 5.41) is 1.30. The van der Waals surface area contributed by atoms with E-state index in [0.717, 1.165) is 37.2 Å². The van der Waals surface area contributed by atoms with Crippen molar-refractivity contribution in [2.75, 3.05) is 19.7 Å². The Labute approximate surface area is 153 Å². The van der Waals surface area contributed by atoms with Gasteiger partial charge in [0.05, 0.1) is 6.61 Å². The highest BCUT2D eigenvalue weighted by atomic mass is 16.5. The Morgan fingerprint density at radius 3 is 2.65 bits per heavy atom. The molecule has 1 amide bonds. The summed E-state index contributed by atoms with van der Waals surface area (Å²) >= 11 is 0. The van der Waals surface area contributed by atoms with Gasteiger partial charge in [0, 0.05) is 41.7 Å². The molecule has 0 saturated heterocycles. The van der Waals surface area contributed by atoms with Gasteiger partial charge in [-0.05, 0) is 62.2 Å². The SMILES string of the molecule is CCOc1ccc(C(=O)N2CCc3[nH]c4ccc(C)cc4c3CC2)cc1. The fraction of sp³-hybridized carbons (Fsp3) is 0.318. The number of benzene rings is 2. The third-order valence-corrected chi connectivity index (χ3v) is 5.11. The number of nitrogens with one attached hydrogen (secondary N) is 1. The van der Waals surface area contributed by atoms with Crippen LogP contribution >= 0.6 is 0 Å². The molecule has 0 saturated carbocycles. The van der Waals surface area contributed by atoms with Gasteiger partial charge in [-0.15, -0.1) is 0 Å².